The fourth-order valence-corrected chi connectivity index (χ4v) is 8.81. The van der Waals surface area contributed by atoms with Gasteiger partial charge in [0.2, 0.25) is 0 Å². The normalized spacial score (nSPS) is 32.1. The van der Waals surface area contributed by atoms with Gasteiger partial charge in [-0.15, -0.1) is 0 Å². The molecule has 2 N–H and O–H groups in total. The van der Waals surface area contributed by atoms with Crippen LogP contribution in [0.1, 0.15) is 120 Å². The van der Waals surface area contributed by atoms with Gasteiger partial charge < -0.3 is 10.2 Å². The van der Waals surface area contributed by atoms with E-state index in [0.717, 1.165) is 31.7 Å². The highest BCUT2D eigenvalue weighted by atomic mass is 16.3. The van der Waals surface area contributed by atoms with Gasteiger partial charge in [0, 0.05) is 29.7 Å². The highest BCUT2D eigenvalue weighted by Crippen LogP contribution is 2.64. The molecule has 0 heterocycles. The quantitative estimate of drug-likeness (QED) is 0.303. The van der Waals surface area contributed by atoms with E-state index in [1.807, 2.05) is 20.8 Å². The van der Waals surface area contributed by atoms with Crippen molar-refractivity contribution in [3.63, 3.8) is 0 Å². The number of hydrogen-bond acceptors (Lipinski definition) is 8. The van der Waals surface area contributed by atoms with Crippen LogP contribution in [0.5, 0.6) is 5.75 Å². The summed E-state index contributed by atoms with van der Waals surface area (Å²) in [6.07, 6.45) is 3.13. The van der Waals surface area contributed by atoms with E-state index in [1.165, 1.54) is 0 Å². The first-order chi connectivity index (χ1) is 19.9. The van der Waals surface area contributed by atoms with E-state index in [1.54, 1.807) is 33.8 Å². The molecular formula is C35H46O8. The van der Waals surface area contributed by atoms with Crippen LogP contribution in [0.3, 0.4) is 0 Å². The molecule has 0 aromatic heterocycles. The van der Waals surface area contributed by atoms with Crippen molar-refractivity contribution in [2.45, 2.75) is 112 Å². The van der Waals surface area contributed by atoms with E-state index in [9.17, 15) is 39.0 Å². The highest BCUT2D eigenvalue weighted by Gasteiger charge is 2.76. The van der Waals surface area contributed by atoms with Crippen LogP contribution in [-0.2, 0) is 36.8 Å². The number of hydrogen-bond donors (Lipinski definition) is 2. The summed E-state index contributed by atoms with van der Waals surface area (Å²) >= 11 is 0. The summed E-state index contributed by atoms with van der Waals surface area (Å²) in [5.41, 5.74) is -3.68. The Kier molecular flexibility index (Phi) is 8.55. The number of phenols is 1. The molecule has 1 aromatic rings. The van der Waals surface area contributed by atoms with Gasteiger partial charge in [-0.25, -0.2) is 0 Å². The average Bonchev–Trinajstić information content (AvgIpc) is 2.87. The van der Waals surface area contributed by atoms with Gasteiger partial charge in [-0.3, -0.25) is 28.8 Å². The summed E-state index contributed by atoms with van der Waals surface area (Å²) in [6.45, 7) is 13.9. The number of aromatic hydroxyl groups is 1. The SMILES string of the molecule is CCCCCC(=O)Cc1cc(C(C)C)c2c(c1O)C(=O)C1C(=O)[C@@]3(O)C(=O)C(C(C)=O)C(=O)C(C(C)C)[C@@]3(C)C[C@@]1(C)C2. The number of phenolic OH excluding ortho intramolecular Hbond substituents is 1. The van der Waals surface area contributed by atoms with Gasteiger partial charge in [0.1, 0.15) is 23.2 Å². The Labute approximate surface area is 254 Å². The van der Waals surface area contributed by atoms with E-state index in [2.05, 4.69) is 0 Å². The third kappa shape index (κ3) is 4.75. The lowest BCUT2D eigenvalue weighted by molar-refractivity contribution is -0.205. The molecule has 0 aliphatic heterocycles. The number of rotatable bonds is 9. The molecule has 6 atom stereocenters. The number of benzene rings is 1. The summed E-state index contributed by atoms with van der Waals surface area (Å²) in [5.74, 6) is -9.30. The lowest BCUT2D eigenvalue weighted by Crippen LogP contribution is -2.76. The maximum Gasteiger partial charge on any atom is 0.190 e. The third-order valence-corrected chi connectivity index (χ3v) is 10.6. The van der Waals surface area contributed by atoms with Crippen molar-refractivity contribution in [1.82, 2.24) is 0 Å². The maximum absolute atomic E-state index is 14.5. The van der Waals surface area contributed by atoms with Crippen LogP contribution in [-0.4, -0.2) is 50.5 Å². The minimum atomic E-state index is -2.73. The first-order valence-corrected chi connectivity index (χ1v) is 15.7. The maximum atomic E-state index is 14.5. The second-order valence-electron chi connectivity index (χ2n) is 14.5. The minimum Gasteiger partial charge on any atom is -0.507 e. The molecule has 43 heavy (non-hydrogen) atoms. The Hall–Kier alpha value is -3.00. The van der Waals surface area contributed by atoms with E-state index in [4.69, 9.17) is 0 Å². The molecule has 0 spiro atoms. The monoisotopic (exact) mass is 594 g/mol. The van der Waals surface area contributed by atoms with Gasteiger partial charge in [-0.05, 0) is 54.6 Å². The zero-order valence-electron chi connectivity index (χ0n) is 26.8. The van der Waals surface area contributed by atoms with Gasteiger partial charge in [-0.1, -0.05) is 67.4 Å². The highest BCUT2D eigenvalue weighted by molar-refractivity contribution is 6.32. The van der Waals surface area contributed by atoms with Crippen molar-refractivity contribution in [1.29, 1.82) is 0 Å². The van der Waals surface area contributed by atoms with Crippen molar-refractivity contribution in [2.75, 3.05) is 0 Å². The predicted octanol–water partition coefficient (Wildman–Crippen LogP) is 4.91. The van der Waals surface area contributed by atoms with Crippen LogP contribution in [0, 0.1) is 34.5 Å². The number of unbranched alkanes of at least 4 members (excludes halogenated alkanes) is 2. The van der Waals surface area contributed by atoms with Crippen LogP contribution < -0.4 is 0 Å². The number of carbonyl (C=O) groups excluding carboxylic acids is 6. The number of Topliss-reactive ketones (excluding diaryl/α,β-unsaturated/α-hetero) is 6. The first-order valence-electron chi connectivity index (χ1n) is 15.7. The first kappa shape index (κ1) is 32.9. The summed E-state index contributed by atoms with van der Waals surface area (Å²) in [5, 5.41) is 23.6. The molecule has 0 radical (unpaired) electrons. The molecule has 1 aromatic carbocycles. The van der Waals surface area contributed by atoms with Crippen LogP contribution >= 0.6 is 0 Å². The molecule has 3 unspecified atom stereocenters. The molecule has 8 nitrogen and oxygen atoms in total. The zero-order chi connectivity index (χ0) is 32.4. The Morgan fingerprint density at radius 1 is 1.02 bits per heavy atom. The Balaban J connectivity index is 1.91. The van der Waals surface area contributed by atoms with E-state index in [-0.39, 0.29) is 42.3 Å². The molecule has 0 saturated heterocycles. The number of aliphatic hydroxyl groups is 1. The standard InChI is InChI=1S/C35H46O8/c1-9-10-11-12-21(37)13-20-14-22(17(2)3)23-15-33(7)16-34(8)26(18(4)5)29(39)24(19(6)36)31(41)35(34,43)32(42)27(33)30(40)25(23)28(20)38/h14,17-18,24,26-27,38,43H,9-13,15-16H2,1-8H3/t24?,26?,27?,33-,34-,35+/m1/s1. The van der Waals surface area contributed by atoms with E-state index < -0.39 is 69.0 Å². The Morgan fingerprint density at radius 3 is 2.19 bits per heavy atom. The third-order valence-electron chi connectivity index (χ3n) is 10.6. The molecule has 2 fully saturated rings. The summed E-state index contributed by atoms with van der Waals surface area (Å²) < 4.78 is 0. The van der Waals surface area contributed by atoms with Crippen molar-refractivity contribution in [3.05, 3.63) is 28.3 Å². The second-order valence-corrected chi connectivity index (χ2v) is 14.5. The van der Waals surface area contributed by atoms with Crippen molar-refractivity contribution < 1.29 is 39.0 Å². The molecular weight excluding hydrogens is 548 g/mol. The number of ketones is 6. The topological polar surface area (TPSA) is 143 Å². The Morgan fingerprint density at radius 2 is 1.65 bits per heavy atom. The zero-order valence-corrected chi connectivity index (χ0v) is 26.8. The summed E-state index contributed by atoms with van der Waals surface area (Å²) in [6, 6.07) is 1.79. The smallest absolute Gasteiger partial charge is 0.190 e. The fraction of sp³-hybridized carbons (Fsp3) is 0.657. The van der Waals surface area contributed by atoms with Crippen LogP contribution in [0.25, 0.3) is 0 Å². The fourth-order valence-electron chi connectivity index (χ4n) is 8.81. The molecule has 3 aliphatic carbocycles. The number of fused-ring (bicyclic) bond motifs is 3. The largest absolute Gasteiger partial charge is 0.507 e. The molecule has 0 amide bonds. The molecule has 8 heteroatoms. The van der Waals surface area contributed by atoms with Crippen LogP contribution in [0.2, 0.25) is 0 Å². The van der Waals surface area contributed by atoms with Gasteiger partial charge in [0.05, 0.1) is 11.5 Å². The predicted molar refractivity (Wildman–Crippen MR) is 160 cm³/mol. The summed E-state index contributed by atoms with van der Waals surface area (Å²) in [4.78, 5) is 81.7. The second kappa shape index (κ2) is 11.2. The van der Waals surface area contributed by atoms with E-state index in [0.29, 0.717) is 17.5 Å². The lowest BCUT2D eigenvalue weighted by Gasteiger charge is -2.62. The van der Waals surface area contributed by atoms with Gasteiger partial charge in [0.25, 0.3) is 0 Å². The molecule has 4 rings (SSSR count). The lowest BCUT2D eigenvalue weighted by atomic mass is 9.39. The van der Waals surface area contributed by atoms with Crippen molar-refractivity contribution >= 4 is 34.7 Å². The molecule has 3 aliphatic rings. The molecule has 2 saturated carbocycles. The summed E-state index contributed by atoms with van der Waals surface area (Å²) in [7, 11) is 0. The molecule has 234 valence electrons. The van der Waals surface area contributed by atoms with E-state index >= 15 is 0 Å². The van der Waals surface area contributed by atoms with Gasteiger partial charge >= 0.3 is 0 Å². The molecule has 0 bridgehead atoms. The van der Waals surface area contributed by atoms with Crippen LogP contribution in [0.4, 0.5) is 0 Å². The van der Waals surface area contributed by atoms with Gasteiger partial charge in [-0.2, -0.15) is 0 Å². The Bertz CT molecular complexity index is 1420. The van der Waals surface area contributed by atoms with Crippen LogP contribution in [0.15, 0.2) is 6.07 Å². The number of carbonyl (C=O) groups is 6. The van der Waals surface area contributed by atoms with Crippen molar-refractivity contribution in [3.8, 4) is 5.75 Å². The van der Waals surface area contributed by atoms with Crippen molar-refractivity contribution in [2.24, 2.45) is 34.5 Å². The average molecular weight is 595 g/mol. The van der Waals surface area contributed by atoms with Gasteiger partial charge in [0.15, 0.2) is 28.7 Å². The minimum absolute atomic E-state index is 0.0129.